The lowest BCUT2D eigenvalue weighted by Crippen LogP contribution is -2.74. The van der Waals surface area contributed by atoms with Crippen LogP contribution in [-0.4, -0.2) is 93.5 Å². The summed E-state index contributed by atoms with van der Waals surface area (Å²) in [5.41, 5.74) is 0.823. The first-order chi connectivity index (χ1) is 30.3. The first-order valence-electron chi connectivity index (χ1n) is 19.6. The molecule has 2 amide bonds. The van der Waals surface area contributed by atoms with Gasteiger partial charge in [0.25, 0.3) is 5.91 Å². The Balaban J connectivity index is 2.34. The summed E-state index contributed by atoms with van der Waals surface area (Å²) in [7, 11) is -2.60. The van der Waals surface area contributed by atoms with E-state index in [1.807, 2.05) is 0 Å². The first-order valence-corrected chi connectivity index (χ1v) is 21.9. The molecule has 2 aromatic carbocycles. The van der Waals surface area contributed by atoms with E-state index in [0.717, 1.165) is 0 Å². The molecule has 0 aliphatic rings. The summed E-state index contributed by atoms with van der Waals surface area (Å²) in [6, 6.07) is 10.4. The number of nitrogens with one attached hydrogen (secondary N) is 2. The van der Waals surface area contributed by atoms with Crippen molar-refractivity contribution in [3.05, 3.63) is 65.2 Å². The summed E-state index contributed by atoms with van der Waals surface area (Å²) >= 11 is 0. The number of carbonyl (C=O) groups is 2. The number of methoxy groups -OCH3 is 1. The number of anilines is 1. The van der Waals surface area contributed by atoms with Gasteiger partial charge in [-0.15, -0.1) is 0 Å². The van der Waals surface area contributed by atoms with Crippen LogP contribution in [0.15, 0.2) is 59.7 Å². The van der Waals surface area contributed by atoms with E-state index in [1.54, 1.807) is 26.0 Å². The number of ether oxygens (including phenoxy) is 3. The molecule has 0 radical (unpaired) electrons. The summed E-state index contributed by atoms with van der Waals surface area (Å²) in [6.07, 6.45) is -12.5. The summed E-state index contributed by atoms with van der Waals surface area (Å²) in [6.45, 7) is 8.78. The van der Waals surface area contributed by atoms with Crippen LogP contribution in [0.2, 0.25) is 17.1 Å². The molecular formula is C40H47F17N2O7Si. The number of rotatable bonds is 23. The van der Waals surface area contributed by atoms with Gasteiger partial charge in [-0.05, 0) is 72.9 Å². The highest BCUT2D eigenvalue weighted by Gasteiger charge is 2.95. The van der Waals surface area contributed by atoms with E-state index in [0.29, 0.717) is 22.6 Å². The zero-order valence-electron chi connectivity index (χ0n) is 36.6. The maximum Gasteiger partial charge on any atom is 0.460 e. The van der Waals surface area contributed by atoms with Gasteiger partial charge in [-0.3, -0.25) is 15.3 Å². The second-order valence-electron chi connectivity index (χ2n) is 15.9. The lowest BCUT2D eigenvalue weighted by Gasteiger charge is -2.44. The van der Waals surface area contributed by atoms with Crippen molar-refractivity contribution in [3.8, 4) is 11.5 Å². The Morgan fingerprint density at radius 3 is 1.52 bits per heavy atom. The molecule has 0 aromatic heterocycles. The monoisotopic (exact) mass is 1020 g/mol. The molecule has 67 heavy (non-hydrogen) atoms. The van der Waals surface area contributed by atoms with E-state index < -0.39 is 117 Å². The molecule has 0 fully saturated rings. The van der Waals surface area contributed by atoms with Crippen LogP contribution in [-0.2, 0) is 14.0 Å². The van der Waals surface area contributed by atoms with Crippen LogP contribution in [0.1, 0.15) is 66.6 Å². The van der Waals surface area contributed by atoms with Crippen molar-refractivity contribution < 1.29 is 108 Å². The molecule has 0 aliphatic carbocycles. The molecule has 2 rings (SSSR count). The summed E-state index contributed by atoms with van der Waals surface area (Å²) in [4.78, 5) is 25.2. The van der Waals surface area contributed by atoms with E-state index in [9.17, 15) is 75.4 Å². The Morgan fingerprint density at radius 1 is 0.642 bits per heavy atom. The maximum atomic E-state index is 15.0. The minimum atomic E-state index is -8.71. The van der Waals surface area contributed by atoms with Crippen molar-refractivity contribution in [2.45, 2.75) is 126 Å². The third kappa shape index (κ3) is 11.5. The molecule has 0 aliphatic heterocycles. The quantitative estimate of drug-likeness (QED) is 0.0254. The van der Waals surface area contributed by atoms with Crippen LogP contribution >= 0.6 is 0 Å². The van der Waals surface area contributed by atoms with Gasteiger partial charge < -0.3 is 18.6 Å². The van der Waals surface area contributed by atoms with E-state index in [2.05, 4.69) is 5.32 Å². The third-order valence-corrected chi connectivity index (χ3v) is 16.9. The molecule has 382 valence electrons. The second kappa shape index (κ2) is 21.0. The van der Waals surface area contributed by atoms with Crippen LogP contribution in [0.5, 0.6) is 11.5 Å². The van der Waals surface area contributed by atoms with Crippen LogP contribution in [0, 0.1) is 5.92 Å². The van der Waals surface area contributed by atoms with Gasteiger partial charge in [-0.25, -0.2) is 10.3 Å². The molecule has 2 atom stereocenters. The highest BCUT2D eigenvalue weighted by atomic mass is 28.4. The Kier molecular flexibility index (Phi) is 18.4. The first kappa shape index (κ1) is 58.6. The van der Waals surface area contributed by atoms with Gasteiger partial charge in [0, 0.05) is 23.6 Å². The molecule has 9 nitrogen and oxygen atoms in total. The fourth-order valence-corrected chi connectivity index (χ4v) is 11.2. The molecule has 2 aromatic rings. The largest absolute Gasteiger partial charge is 0.497 e. The van der Waals surface area contributed by atoms with Gasteiger partial charge in [0.2, 0.25) is 0 Å². The lowest BCUT2D eigenvalue weighted by atomic mass is 9.88. The highest BCUT2D eigenvalue weighted by molar-refractivity contribution is 6.76. The van der Waals surface area contributed by atoms with E-state index in [1.165, 1.54) is 83.6 Å². The van der Waals surface area contributed by atoms with Gasteiger partial charge in [0.05, 0.1) is 13.7 Å². The van der Waals surface area contributed by atoms with Crippen LogP contribution in [0.3, 0.4) is 0 Å². The van der Waals surface area contributed by atoms with Gasteiger partial charge in [0.1, 0.15) is 24.2 Å². The lowest BCUT2D eigenvalue weighted by molar-refractivity contribution is -0.461. The van der Waals surface area contributed by atoms with Crippen LogP contribution < -0.4 is 20.3 Å². The van der Waals surface area contributed by atoms with Crippen molar-refractivity contribution in [2.24, 2.45) is 5.92 Å². The van der Waals surface area contributed by atoms with Crippen molar-refractivity contribution in [3.63, 3.8) is 0 Å². The number of hydrogen-bond donors (Lipinski definition) is 3. The number of hydrogen-bond acceptors (Lipinski definition) is 7. The molecule has 0 saturated carbocycles. The Morgan fingerprint density at radius 2 is 1.09 bits per heavy atom. The normalized spacial score (nSPS) is 15.2. The maximum absolute atomic E-state index is 15.0. The Hall–Kier alpha value is -4.53. The zero-order valence-corrected chi connectivity index (χ0v) is 37.6. The van der Waals surface area contributed by atoms with Crippen LogP contribution in [0.4, 0.5) is 85.1 Å². The molecule has 0 heterocycles. The predicted molar refractivity (Wildman–Crippen MR) is 207 cm³/mol. The Labute approximate surface area is 373 Å². The fraction of sp³-hybridized carbons (Fsp3) is 0.600. The summed E-state index contributed by atoms with van der Waals surface area (Å²) < 4.78 is 258. The SMILES string of the molecule is COc1ccc(NC(=O)O[C@@H](c2ccc(OCCO[Si](CCC(F)(F)C(F)(F)C(F)(F)C(F)(F)C(F)(F)C(F)(F)C(F)(F)C(F)(F)F)(C(C)C)C(C)C)cc2)[C@H](C)/C(C)=C(\C)C(=O)NO)cc1. The van der Waals surface area contributed by atoms with Gasteiger partial charge >= 0.3 is 53.7 Å². The number of carbonyl (C=O) groups excluding carboxylic acids is 2. The smallest absolute Gasteiger partial charge is 0.460 e. The molecule has 0 spiro atoms. The van der Waals surface area contributed by atoms with Gasteiger partial charge in [0.15, 0.2) is 8.32 Å². The number of hydroxylamine groups is 1. The molecule has 0 saturated heterocycles. The molecule has 0 unspecified atom stereocenters. The summed E-state index contributed by atoms with van der Waals surface area (Å²) in [5.74, 6) is -57.9. The van der Waals surface area contributed by atoms with Crippen molar-refractivity contribution in [1.29, 1.82) is 0 Å². The standard InChI is InChI=1S/C40H47F17N2O7Si/c1-21(2)67(22(3)4,20-17-33(41,42)34(43,44)35(45,46)36(47,48)37(49,50)38(51,52)39(53,54)40(55,56)57)65-19-18-64-29-13-9-26(10-14-29)30(24(6)23(5)25(7)31(60)59-62)66-32(61)58-27-11-15-28(63-8)16-12-27/h9-16,21-22,24,30,62H,17-20H2,1-8H3,(H,58,61)(H,59,60)/b25-23+/t24-,30-/m1/s1. The number of amides is 2. The Bertz CT molecular complexity index is 2010. The molecule has 27 heteroatoms. The number of benzene rings is 2. The zero-order chi connectivity index (χ0) is 52.2. The average Bonchev–Trinajstić information content (AvgIpc) is 3.23. The van der Waals surface area contributed by atoms with E-state index in [4.69, 9.17) is 23.8 Å². The van der Waals surface area contributed by atoms with Crippen LogP contribution in [0.25, 0.3) is 0 Å². The molecular weight excluding hydrogens is 971 g/mol. The molecule has 0 bridgehead atoms. The average molecular weight is 1020 g/mol. The van der Waals surface area contributed by atoms with Gasteiger partial charge in [-0.1, -0.05) is 52.3 Å². The van der Waals surface area contributed by atoms with Crippen molar-refractivity contribution in [2.75, 3.05) is 25.6 Å². The minimum Gasteiger partial charge on any atom is -0.497 e. The molecule has 3 N–H and O–H groups in total. The highest BCUT2D eigenvalue weighted by Crippen LogP contribution is 2.64. The minimum absolute atomic E-state index is 0.0793. The number of alkyl halides is 17. The van der Waals surface area contributed by atoms with Crippen molar-refractivity contribution in [1.82, 2.24) is 5.48 Å². The van der Waals surface area contributed by atoms with E-state index >= 15 is 8.78 Å². The predicted octanol–water partition coefficient (Wildman–Crippen LogP) is 13.0. The number of halogens is 17. The fourth-order valence-electron chi connectivity index (χ4n) is 6.73. The topological polar surface area (TPSA) is 115 Å². The second-order valence-corrected chi connectivity index (χ2v) is 20.9. The summed E-state index contributed by atoms with van der Waals surface area (Å²) in [5, 5.41) is 11.7. The van der Waals surface area contributed by atoms with Crippen molar-refractivity contribution >= 4 is 26.0 Å². The van der Waals surface area contributed by atoms with E-state index in [-0.39, 0.29) is 11.3 Å². The van der Waals surface area contributed by atoms with Gasteiger partial charge in [-0.2, -0.15) is 74.6 Å². The third-order valence-electron chi connectivity index (χ3n) is 11.2.